The minimum absolute atomic E-state index is 0.695. The molecule has 0 atom stereocenters. The third-order valence-corrected chi connectivity index (χ3v) is 1.94. The molecule has 0 unspecified atom stereocenters. The summed E-state index contributed by atoms with van der Waals surface area (Å²) in [6, 6.07) is 1.95. The van der Waals surface area contributed by atoms with Crippen LogP contribution in [0.1, 0.15) is 24.5 Å². The van der Waals surface area contributed by atoms with Crippen molar-refractivity contribution >= 4 is 12.2 Å². The van der Waals surface area contributed by atoms with Crippen LogP contribution in [0.4, 0.5) is 0 Å². The van der Waals surface area contributed by atoms with Gasteiger partial charge in [-0.3, -0.25) is 0 Å². The van der Waals surface area contributed by atoms with Gasteiger partial charge in [0.1, 0.15) is 4.64 Å². The number of aromatic nitrogens is 2. The lowest BCUT2D eigenvalue weighted by Gasteiger charge is -1.94. The maximum Gasteiger partial charge on any atom is 0.129 e. The van der Waals surface area contributed by atoms with Crippen LogP contribution in [0.15, 0.2) is 12.4 Å². The van der Waals surface area contributed by atoms with Crippen molar-refractivity contribution in [3.05, 3.63) is 22.7 Å². The molecule has 1 heterocycles. The summed E-state index contributed by atoms with van der Waals surface area (Å²) < 4.78 is 0.695. The lowest BCUT2D eigenvalue weighted by Crippen LogP contribution is -1.86. The van der Waals surface area contributed by atoms with Crippen LogP contribution in [0.25, 0.3) is 0 Å². The topological polar surface area (TPSA) is 28.7 Å². The van der Waals surface area contributed by atoms with Crippen LogP contribution in [0.3, 0.4) is 0 Å². The Balaban J connectivity index is 2.41. The molecule has 1 aromatic heterocycles. The summed E-state index contributed by atoms with van der Waals surface area (Å²) >= 11 is 4.92. The van der Waals surface area contributed by atoms with Gasteiger partial charge in [0, 0.05) is 5.69 Å². The first-order valence-electron chi connectivity index (χ1n) is 3.41. The second-order valence-corrected chi connectivity index (χ2v) is 3.03. The SMILES string of the molecule is S=c1cc(C2CC2)[nH]cn1. The predicted octanol–water partition coefficient (Wildman–Crippen LogP) is 2.02. The molecule has 1 aromatic rings. The zero-order valence-electron chi connectivity index (χ0n) is 5.50. The maximum atomic E-state index is 4.92. The number of rotatable bonds is 1. The van der Waals surface area contributed by atoms with Gasteiger partial charge in [0.25, 0.3) is 0 Å². The Morgan fingerprint density at radius 2 is 2.40 bits per heavy atom. The highest BCUT2D eigenvalue weighted by atomic mass is 32.1. The zero-order valence-corrected chi connectivity index (χ0v) is 6.32. The van der Waals surface area contributed by atoms with Crippen molar-refractivity contribution in [1.29, 1.82) is 0 Å². The van der Waals surface area contributed by atoms with E-state index in [0.29, 0.717) is 4.64 Å². The second-order valence-electron chi connectivity index (χ2n) is 2.61. The summed E-state index contributed by atoms with van der Waals surface area (Å²) in [4.78, 5) is 7.00. The van der Waals surface area contributed by atoms with E-state index in [1.165, 1.54) is 18.5 Å². The Hall–Kier alpha value is -0.700. The lowest BCUT2D eigenvalue weighted by atomic mass is 10.3. The quantitative estimate of drug-likeness (QED) is 0.624. The van der Waals surface area contributed by atoms with Crippen molar-refractivity contribution in [3.63, 3.8) is 0 Å². The van der Waals surface area contributed by atoms with E-state index in [1.54, 1.807) is 6.33 Å². The molecule has 2 nitrogen and oxygen atoms in total. The molecule has 0 aromatic carbocycles. The molecule has 0 aliphatic heterocycles. The monoisotopic (exact) mass is 152 g/mol. The van der Waals surface area contributed by atoms with Crippen LogP contribution >= 0.6 is 12.2 Å². The molecule has 1 saturated carbocycles. The normalized spacial score (nSPS) is 17.2. The predicted molar refractivity (Wildman–Crippen MR) is 41.4 cm³/mol. The van der Waals surface area contributed by atoms with E-state index in [4.69, 9.17) is 12.2 Å². The summed E-state index contributed by atoms with van der Waals surface area (Å²) in [5.74, 6) is 0.740. The largest absolute Gasteiger partial charge is 0.349 e. The molecule has 1 aliphatic carbocycles. The van der Waals surface area contributed by atoms with Gasteiger partial charge in [-0.1, -0.05) is 12.2 Å². The molecule has 0 spiro atoms. The second kappa shape index (κ2) is 2.16. The molecular weight excluding hydrogens is 144 g/mol. The van der Waals surface area contributed by atoms with E-state index in [-0.39, 0.29) is 0 Å². The molecule has 10 heavy (non-hydrogen) atoms. The maximum absolute atomic E-state index is 4.92. The highest BCUT2D eigenvalue weighted by molar-refractivity contribution is 7.71. The standard InChI is InChI=1S/C7H8N2S/c10-7-3-6(5-1-2-5)8-4-9-7/h3-5H,1-2H2,(H,8,9,10). The molecule has 1 N–H and O–H groups in total. The highest BCUT2D eigenvalue weighted by Gasteiger charge is 2.23. The first-order valence-corrected chi connectivity index (χ1v) is 3.82. The van der Waals surface area contributed by atoms with Crippen LogP contribution < -0.4 is 0 Å². The number of nitrogens with zero attached hydrogens (tertiary/aromatic N) is 1. The van der Waals surface area contributed by atoms with E-state index >= 15 is 0 Å². The Bertz CT molecular complexity index is 288. The van der Waals surface area contributed by atoms with Crippen LogP contribution in [-0.2, 0) is 0 Å². The van der Waals surface area contributed by atoms with Crippen LogP contribution in [0.2, 0.25) is 0 Å². The molecule has 1 fully saturated rings. The fraction of sp³-hybridized carbons (Fsp3) is 0.429. The smallest absolute Gasteiger partial charge is 0.129 e. The average Bonchev–Trinajstić information content (AvgIpc) is 2.68. The average molecular weight is 152 g/mol. The summed E-state index contributed by atoms with van der Waals surface area (Å²) in [7, 11) is 0. The van der Waals surface area contributed by atoms with Gasteiger partial charge >= 0.3 is 0 Å². The van der Waals surface area contributed by atoms with Crippen molar-refractivity contribution in [2.75, 3.05) is 0 Å². The van der Waals surface area contributed by atoms with Gasteiger partial charge in [-0.25, -0.2) is 4.98 Å². The number of H-pyrrole nitrogens is 1. The summed E-state index contributed by atoms with van der Waals surface area (Å²) in [6.45, 7) is 0. The minimum atomic E-state index is 0.695. The Morgan fingerprint density at radius 1 is 1.60 bits per heavy atom. The van der Waals surface area contributed by atoms with Gasteiger partial charge in [0.15, 0.2) is 0 Å². The van der Waals surface area contributed by atoms with E-state index < -0.39 is 0 Å². The summed E-state index contributed by atoms with van der Waals surface area (Å²) in [6.07, 6.45) is 4.28. The molecule has 1 aliphatic rings. The molecule has 0 radical (unpaired) electrons. The fourth-order valence-electron chi connectivity index (χ4n) is 1.01. The van der Waals surface area contributed by atoms with Crippen molar-refractivity contribution in [2.45, 2.75) is 18.8 Å². The third kappa shape index (κ3) is 1.09. The van der Waals surface area contributed by atoms with Crippen molar-refractivity contribution in [3.8, 4) is 0 Å². The molecule has 0 bridgehead atoms. The third-order valence-electron chi connectivity index (χ3n) is 1.72. The van der Waals surface area contributed by atoms with Gasteiger partial charge in [-0.15, -0.1) is 0 Å². The number of nitrogens with one attached hydrogen (secondary N) is 1. The lowest BCUT2D eigenvalue weighted by molar-refractivity contribution is 0.981. The van der Waals surface area contributed by atoms with E-state index in [1.807, 2.05) is 6.07 Å². The molecule has 2 rings (SSSR count). The Morgan fingerprint density at radius 3 is 3.00 bits per heavy atom. The number of hydrogen-bond donors (Lipinski definition) is 1. The van der Waals surface area contributed by atoms with E-state index in [9.17, 15) is 0 Å². The Kier molecular flexibility index (Phi) is 1.31. The molecule has 3 heteroatoms. The van der Waals surface area contributed by atoms with Crippen molar-refractivity contribution < 1.29 is 0 Å². The van der Waals surface area contributed by atoms with E-state index in [0.717, 1.165) is 5.92 Å². The van der Waals surface area contributed by atoms with Crippen molar-refractivity contribution in [1.82, 2.24) is 9.97 Å². The molecule has 52 valence electrons. The fourth-order valence-corrected chi connectivity index (χ4v) is 1.19. The van der Waals surface area contributed by atoms with Gasteiger partial charge in [0.2, 0.25) is 0 Å². The molecular formula is C7H8N2S. The van der Waals surface area contributed by atoms with Crippen LogP contribution in [-0.4, -0.2) is 9.97 Å². The van der Waals surface area contributed by atoms with Gasteiger partial charge in [0.05, 0.1) is 6.33 Å². The highest BCUT2D eigenvalue weighted by Crippen LogP contribution is 2.38. The zero-order chi connectivity index (χ0) is 6.97. The van der Waals surface area contributed by atoms with Gasteiger partial charge < -0.3 is 4.98 Å². The van der Waals surface area contributed by atoms with Crippen LogP contribution in [0.5, 0.6) is 0 Å². The summed E-state index contributed by atoms with van der Waals surface area (Å²) in [5.41, 5.74) is 1.25. The van der Waals surface area contributed by atoms with E-state index in [2.05, 4.69) is 9.97 Å². The first-order chi connectivity index (χ1) is 4.86. The van der Waals surface area contributed by atoms with Gasteiger partial charge in [-0.2, -0.15) is 0 Å². The summed E-state index contributed by atoms with van der Waals surface area (Å²) in [5, 5.41) is 0. The number of hydrogen-bond acceptors (Lipinski definition) is 2. The van der Waals surface area contributed by atoms with Crippen LogP contribution in [0, 0.1) is 4.64 Å². The number of aromatic amines is 1. The Labute approximate surface area is 64.3 Å². The molecule has 0 saturated heterocycles. The first kappa shape index (κ1) is 6.04. The molecule has 0 amide bonds. The minimum Gasteiger partial charge on any atom is -0.349 e. The van der Waals surface area contributed by atoms with Crippen molar-refractivity contribution in [2.24, 2.45) is 0 Å². The van der Waals surface area contributed by atoms with Gasteiger partial charge in [-0.05, 0) is 24.8 Å².